The number of aryl methyl sites for hydroxylation is 2. The molecule has 0 N–H and O–H groups in total. The molecule has 5 rings (SSSR count). The average molecular weight is 449 g/mol. The summed E-state index contributed by atoms with van der Waals surface area (Å²) in [6, 6.07) is 10.4. The van der Waals surface area contributed by atoms with Gasteiger partial charge in [-0.1, -0.05) is 34.8 Å². The Morgan fingerprint density at radius 3 is 2.69 bits per heavy atom. The van der Waals surface area contributed by atoms with Gasteiger partial charge in [0.05, 0.1) is 11.7 Å². The van der Waals surface area contributed by atoms with E-state index in [2.05, 4.69) is 45.7 Å². The van der Waals surface area contributed by atoms with Crippen LogP contribution in [0.1, 0.15) is 69.7 Å². The van der Waals surface area contributed by atoms with E-state index in [1.54, 1.807) is 0 Å². The molecule has 0 saturated carbocycles. The molecule has 166 valence electrons. The zero-order chi connectivity index (χ0) is 22.1. The van der Waals surface area contributed by atoms with E-state index in [4.69, 9.17) is 9.97 Å². The molecular weight excluding hydrogens is 420 g/mol. The van der Waals surface area contributed by atoms with E-state index in [0.29, 0.717) is 17.1 Å². The van der Waals surface area contributed by atoms with E-state index < -0.39 is 0 Å². The number of piperidine rings is 1. The van der Waals surface area contributed by atoms with Crippen LogP contribution in [0.5, 0.6) is 0 Å². The van der Waals surface area contributed by atoms with Crippen LogP contribution in [0.4, 0.5) is 5.82 Å². The first-order valence-electron chi connectivity index (χ1n) is 11.4. The summed E-state index contributed by atoms with van der Waals surface area (Å²) in [6.07, 6.45) is 5.06. The summed E-state index contributed by atoms with van der Waals surface area (Å²) in [6.45, 7) is 6.46. The van der Waals surface area contributed by atoms with Gasteiger partial charge in [0.25, 0.3) is 5.91 Å². The number of anilines is 1. The van der Waals surface area contributed by atoms with Crippen molar-refractivity contribution in [2.24, 2.45) is 0 Å². The first-order valence-corrected chi connectivity index (χ1v) is 12.2. The van der Waals surface area contributed by atoms with E-state index in [1.165, 1.54) is 22.7 Å². The summed E-state index contributed by atoms with van der Waals surface area (Å²) in [7, 11) is 0. The molecule has 0 aliphatic carbocycles. The zero-order valence-electron chi connectivity index (χ0n) is 18.6. The van der Waals surface area contributed by atoms with Crippen molar-refractivity contribution in [3.05, 3.63) is 63.5 Å². The Morgan fingerprint density at radius 1 is 1.06 bits per heavy atom. The van der Waals surface area contributed by atoms with Gasteiger partial charge in [0, 0.05) is 30.9 Å². The molecule has 1 aromatic carbocycles. The third-order valence-electron chi connectivity index (χ3n) is 6.49. The lowest BCUT2D eigenvalue weighted by atomic mass is 9.99. The predicted molar refractivity (Wildman–Crippen MR) is 125 cm³/mol. The van der Waals surface area contributed by atoms with Crippen LogP contribution in [-0.2, 0) is 13.0 Å². The summed E-state index contributed by atoms with van der Waals surface area (Å²) in [5.74, 6) is 1.81. The van der Waals surface area contributed by atoms with Crippen molar-refractivity contribution in [1.82, 2.24) is 24.5 Å². The first-order chi connectivity index (χ1) is 15.6. The number of carbonyl (C=O) groups is 1. The third kappa shape index (κ3) is 3.99. The number of hydrogen-bond acceptors (Lipinski definition) is 7. The Hall–Kier alpha value is -2.87. The van der Waals surface area contributed by atoms with E-state index in [1.807, 2.05) is 17.9 Å². The van der Waals surface area contributed by atoms with E-state index in [9.17, 15) is 4.79 Å². The highest BCUT2D eigenvalue weighted by molar-refractivity contribution is 7.07. The molecule has 3 aromatic rings. The second kappa shape index (κ2) is 8.94. The number of amides is 1. The number of carbonyl (C=O) groups excluding carboxylic acids is 1. The minimum Gasteiger partial charge on any atom is -0.352 e. The summed E-state index contributed by atoms with van der Waals surface area (Å²) < 4.78 is 3.96. The van der Waals surface area contributed by atoms with Crippen molar-refractivity contribution in [3.63, 3.8) is 0 Å². The SMILES string of the molecule is Cc1nnsc1C(=O)N1CCCC[C@@H]1c1nc(C)c2c(n1)N(Cc1ccccc1)CCC2. The molecule has 2 aliphatic rings. The molecule has 4 heterocycles. The predicted octanol–water partition coefficient (Wildman–Crippen LogP) is 4.27. The van der Waals surface area contributed by atoms with Gasteiger partial charge in [0.2, 0.25) is 0 Å². The van der Waals surface area contributed by atoms with Gasteiger partial charge < -0.3 is 9.80 Å². The second-order valence-electron chi connectivity index (χ2n) is 8.68. The highest BCUT2D eigenvalue weighted by Crippen LogP contribution is 2.35. The topological polar surface area (TPSA) is 75.1 Å². The maximum atomic E-state index is 13.3. The number of rotatable bonds is 4. The minimum atomic E-state index is -0.109. The van der Waals surface area contributed by atoms with Crippen LogP contribution in [0.2, 0.25) is 0 Å². The molecule has 1 saturated heterocycles. The molecule has 2 aliphatic heterocycles. The lowest BCUT2D eigenvalue weighted by molar-refractivity contribution is 0.0603. The average Bonchev–Trinajstić information content (AvgIpc) is 3.25. The highest BCUT2D eigenvalue weighted by Gasteiger charge is 2.34. The fourth-order valence-corrected chi connectivity index (χ4v) is 5.43. The van der Waals surface area contributed by atoms with Crippen LogP contribution >= 0.6 is 11.5 Å². The van der Waals surface area contributed by atoms with Gasteiger partial charge in [0.1, 0.15) is 10.7 Å². The molecule has 1 amide bonds. The minimum absolute atomic E-state index is 0.00214. The van der Waals surface area contributed by atoms with Gasteiger partial charge in [0.15, 0.2) is 5.82 Å². The van der Waals surface area contributed by atoms with E-state index >= 15 is 0 Å². The molecule has 1 fully saturated rings. The maximum Gasteiger partial charge on any atom is 0.268 e. The molecule has 0 spiro atoms. The van der Waals surface area contributed by atoms with Crippen molar-refractivity contribution < 1.29 is 4.79 Å². The van der Waals surface area contributed by atoms with Crippen molar-refractivity contribution in [3.8, 4) is 0 Å². The van der Waals surface area contributed by atoms with Gasteiger partial charge in [-0.3, -0.25) is 4.79 Å². The molecule has 32 heavy (non-hydrogen) atoms. The molecule has 0 bridgehead atoms. The van der Waals surface area contributed by atoms with E-state index in [-0.39, 0.29) is 11.9 Å². The van der Waals surface area contributed by atoms with Gasteiger partial charge in [-0.2, -0.15) is 0 Å². The number of likely N-dealkylation sites (tertiary alicyclic amines) is 1. The van der Waals surface area contributed by atoms with Crippen molar-refractivity contribution in [1.29, 1.82) is 0 Å². The Balaban J connectivity index is 1.49. The number of nitrogens with zero attached hydrogens (tertiary/aromatic N) is 6. The maximum absolute atomic E-state index is 13.3. The van der Waals surface area contributed by atoms with Crippen molar-refractivity contribution in [2.45, 2.75) is 58.5 Å². The standard InChI is InChI=1S/C24H28N6OS/c1-16-19-11-8-13-29(15-18-9-4-3-5-10-18)23(19)26-22(25-16)20-12-6-7-14-30(20)24(31)21-17(2)27-28-32-21/h3-5,9-10,20H,6-8,11-15H2,1-2H3/t20-/m1/s1. The van der Waals surface area contributed by atoms with Gasteiger partial charge >= 0.3 is 0 Å². The molecular formula is C24H28N6OS. The Morgan fingerprint density at radius 2 is 1.91 bits per heavy atom. The van der Waals surface area contributed by atoms with Crippen LogP contribution in [0.3, 0.4) is 0 Å². The molecule has 0 radical (unpaired) electrons. The summed E-state index contributed by atoms with van der Waals surface area (Å²) in [4.78, 5) is 28.3. The van der Waals surface area contributed by atoms with Crippen LogP contribution in [-0.4, -0.2) is 43.5 Å². The smallest absolute Gasteiger partial charge is 0.268 e. The Labute approximate surface area is 192 Å². The Kier molecular flexibility index (Phi) is 5.87. The molecule has 1 atom stereocenters. The number of fused-ring (bicyclic) bond motifs is 1. The van der Waals surface area contributed by atoms with E-state index in [0.717, 1.165) is 62.5 Å². The first kappa shape index (κ1) is 21.0. The summed E-state index contributed by atoms with van der Waals surface area (Å²) >= 11 is 1.17. The Bertz CT molecular complexity index is 1110. The molecule has 2 aromatic heterocycles. The molecule has 7 nitrogen and oxygen atoms in total. The quantitative estimate of drug-likeness (QED) is 0.594. The van der Waals surface area contributed by atoms with Crippen LogP contribution < -0.4 is 4.90 Å². The zero-order valence-corrected chi connectivity index (χ0v) is 19.4. The lowest BCUT2D eigenvalue weighted by Crippen LogP contribution is -2.40. The van der Waals surface area contributed by atoms with Crippen LogP contribution in [0, 0.1) is 13.8 Å². The summed E-state index contributed by atoms with van der Waals surface area (Å²) in [5.41, 5.74) is 4.25. The molecule has 0 unspecified atom stereocenters. The largest absolute Gasteiger partial charge is 0.352 e. The van der Waals surface area contributed by atoms with Crippen molar-refractivity contribution >= 4 is 23.3 Å². The fraction of sp³-hybridized carbons (Fsp3) is 0.458. The van der Waals surface area contributed by atoms with Crippen molar-refractivity contribution in [2.75, 3.05) is 18.0 Å². The van der Waals surface area contributed by atoms with Gasteiger partial charge in [-0.05, 0) is 63.0 Å². The monoisotopic (exact) mass is 448 g/mol. The van der Waals surface area contributed by atoms with Crippen LogP contribution in [0.15, 0.2) is 30.3 Å². The van der Waals surface area contributed by atoms with Crippen LogP contribution in [0.25, 0.3) is 0 Å². The lowest BCUT2D eigenvalue weighted by Gasteiger charge is -2.36. The second-order valence-corrected chi connectivity index (χ2v) is 9.43. The summed E-state index contributed by atoms with van der Waals surface area (Å²) in [5, 5.41) is 4.03. The highest BCUT2D eigenvalue weighted by atomic mass is 32.1. The number of benzene rings is 1. The molecule has 8 heteroatoms. The van der Waals surface area contributed by atoms with Gasteiger partial charge in [-0.25, -0.2) is 9.97 Å². The third-order valence-corrected chi connectivity index (χ3v) is 7.30. The van der Waals surface area contributed by atoms with Gasteiger partial charge in [-0.15, -0.1) is 5.10 Å². The number of aromatic nitrogens is 4. The number of hydrogen-bond donors (Lipinski definition) is 0. The fourth-order valence-electron chi connectivity index (χ4n) is 4.82. The normalized spacial score (nSPS) is 18.5.